The van der Waals surface area contributed by atoms with Crippen LogP contribution < -0.4 is 4.18 Å². The van der Waals surface area contributed by atoms with Gasteiger partial charge in [-0.05, 0) is 23.9 Å². The molecule has 0 aliphatic heterocycles. The van der Waals surface area contributed by atoms with Gasteiger partial charge in [-0.3, -0.25) is 0 Å². The number of aryl methyl sites for hydroxylation is 1. The largest absolute Gasteiger partial charge is 0.373 e. The van der Waals surface area contributed by atoms with Crippen molar-refractivity contribution in [1.29, 1.82) is 0 Å². The molecular formula is C5H6O3S2. The molecule has 1 rings (SSSR count). The summed E-state index contributed by atoms with van der Waals surface area (Å²) in [7, 11) is -2.75. The summed E-state index contributed by atoms with van der Waals surface area (Å²) in [5.41, 5.74) is 1.01. The fourth-order valence-electron chi connectivity index (χ4n) is 0.526. The zero-order valence-electron chi connectivity index (χ0n) is 5.23. The molecule has 1 aromatic heterocycles. The van der Waals surface area contributed by atoms with Gasteiger partial charge in [0.2, 0.25) is 0 Å². The molecule has 0 bridgehead atoms. The Morgan fingerprint density at radius 3 is 2.70 bits per heavy atom. The lowest BCUT2D eigenvalue weighted by Gasteiger charge is -1.86. The summed E-state index contributed by atoms with van der Waals surface area (Å²) in [6.45, 7) is 1.88. The van der Waals surface area contributed by atoms with Crippen LogP contribution in [0.4, 0.5) is 0 Å². The van der Waals surface area contributed by atoms with E-state index >= 15 is 0 Å². The second-order valence-electron chi connectivity index (χ2n) is 1.76. The smallest absolute Gasteiger partial charge is 0.299 e. The van der Waals surface area contributed by atoms with Gasteiger partial charge in [0.1, 0.15) is 0 Å². The van der Waals surface area contributed by atoms with Crippen molar-refractivity contribution < 1.29 is 12.6 Å². The second kappa shape index (κ2) is 3.03. The van der Waals surface area contributed by atoms with Crippen LogP contribution in [0.15, 0.2) is 11.4 Å². The topological polar surface area (TPSA) is 43.4 Å². The molecule has 1 heterocycles. The normalized spacial score (nSPS) is 10.2. The lowest BCUT2D eigenvalue weighted by atomic mass is 10.4. The molecule has 3 nitrogen and oxygen atoms in total. The van der Waals surface area contributed by atoms with Crippen molar-refractivity contribution in [2.75, 3.05) is 0 Å². The van der Waals surface area contributed by atoms with Gasteiger partial charge in [-0.25, -0.2) is 0 Å². The van der Waals surface area contributed by atoms with Gasteiger partial charge in [0.15, 0.2) is 5.06 Å². The van der Waals surface area contributed by atoms with Crippen molar-refractivity contribution in [3.8, 4) is 5.06 Å². The van der Waals surface area contributed by atoms with Crippen LogP contribution >= 0.6 is 11.3 Å². The van der Waals surface area contributed by atoms with E-state index in [0.29, 0.717) is 5.06 Å². The fourth-order valence-corrected chi connectivity index (χ4v) is 1.70. The van der Waals surface area contributed by atoms with Gasteiger partial charge in [0.05, 0.1) is 0 Å². The lowest BCUT2D eigenvalue weighted by molar-refractivity contribution is 0.517. The summed E-state index contributed by atoms with van der Waals surface area (Å²) >= 11 is 1.27. The quantitative estimate of drug-likeness (QED) is 0.686. The fraction of sp³-hybridized carbons (Fsp3) is 0.200. The highest BCUT2D eigenvalue weighted by Crippen LogP contribution is 2.21. The van der Waals surface area contributed by atoms with Crippen molar-refractivity contribution >= 4 is 22.3 Å². The third kappa shape index (κ3) is 2.00. The summed E-state index contributed by atoms with van der Waals surface area (Å²) < 4.78 is 24.4. The molecule has 0 N–H and O–H groups in total. The van der Waals surface area contributed by atoms with Crippen LogP contribution in [0.2, 0.25) is 0 Å². The van der Waals surface area contributed by atoms with Gasteiger partial charge in [0.25, 0.3) is 11.0 Å². The monoisotopic (exact) mass is 178 g/mol. The summed E-state index contributed by atoms with van der Waals surface area (Å²) in [4.78, 5) is 0. The molecule has 0 amide bonds. The molecule has 0 aliphatic rings. The third-order valence-corrected chi connectivity index (χ3v) is 2.26. The van der Waals surface area contributed by atoms with E-state index in [0.717, 1.165) is 5.56 Å². The number of hydrogen-bond donors (Lipinski definition) is 1. The van der Waals surface area contributed by atoms with E-state index in [1.54, 1.807) is 6.07 Å². The minimum absolute atomic E-state index is 0.425. The molecule has 0 spiro atoms. The number of rotatable bonds is 2. The summed E-state index contributed by atoms with van der Waals surface area (Å²) in [5.74, 6) is 0. The van der Waals surface area contributed by atoms with Crippen LogP contribution in [0.1, 0.15) is 5.56 Å². The van der Waals surface area contributed by atoms with Crippen LogP contribution in [0.3, 0.4) is 0 Å². The van der Waals surface area contributed by atoms with E-state index < -0.39 is 11.0 Å². The first-order chi connectivity index (χ1) is 4.68. The molecule has 0 aliphatic carbocycles. The predicted octanol–water partition coefficient (Wildman–Crippen LogP) is 0.962. The Labute approximate surface area is 64.4 Å². The van der Waals surface area contributed by atoms with Crippen LogP contribution in [0.25, 0.3) is 0 Å². The Kier molecular flexibility index (Phi) is 2.29. The number of thiophene rings is 1. The van der Waals surface area contributed by atoms with E-state index in [9.17, 15) is 8.42 Å². The Bertz CT molecular complexity index is 279. The molecule has 5 heteroatoms. The predicted molar refractivity (Wildman–Crippen MR) is 40.0 cm³/mol. The highest BCUT2D eigenvalue weighted by Gasteiger charge is 1.95. The summed E-state index contributed by atoms with van der Waals surface area (Å²) in [6, 6.07) is 1.68. The molecular weight excluding hydrogens is 172 g/mol. The van der Waals surface area contributed by atoms with Gasteiger partial charge in [-0.2, -0.15) is 8.42 Å². The number of hydrogen-bond acceptors (Lipinski definition) is 4. The summed E-state index contributed by atoms with van der Waals surface area (Å²) in [6.07, 6.45) is 0. The molecule has 0 fully saturated rings. The van der Waals surface area contributed by atoms with Crippen molar-refractivity contribution in [2.45, 2.75) is 6.92 Å². The first-order valence-corrected chi connectivity index (χ1v) is 4.53. The maximum atomic E-state index is 10.00. The zero-order chi connectivity index (χ0) is 7.56. The van der Waals surface area contributed by atoms with Gasteiger partial charge in [0, 0.05) is 0 Å². The van der Waals surface area contributed by atoms with Gasteiger partial charge < -0.3 is 4.18 Å². The molecule has 10 heavy (non-hydrogen) atoms. The standard InChI is InChI=1S/C5H6O3S2/c1-4-2-5(9-3-4)8-10(6)7/h2-3,10H,1H3. The summed E-state index contributed by atoms with van der Waals surface area (Å²) in [5, 5.41) is 2.25. The van der Waals surface area contributed by atoms with Gasteiger partial charge in [-0.15, -0.1) is 11.3 Å². The van der Waals surface area contributed by atoms with Crippen LogP contribution in [-0.4, -0.2) is 8.42 Å². The zero-order valence-corrected chi connectivity index (χ0v) is 6.95. The Balaban J connectivity index is 2.76. The second-order valence-corrected chi connectivity index (χ2v) is 3.26. The van der Waals surface area contributed by atoms with E-state index in [1.165, 1.54) is 11.3 Å². The molecule has 56 valence electrons. The Morgan fingerprint density at radius 2 is 2.30 bits per heavy atom. The SMILES string of the molecule is Cc1csc(O[SH](=O)=O)c1. The first-order valence-electron chi connectivity index (χ1n) is 2.56. The lowest BCUT2D eigenvalue weighted by Crippen LogP contribution is -1.85. The molecule has 0 saturated carbocycles. The van der Waals surface area contributed by atoms with Crippen molar-refractivity contribution in [3.05, 3.63) is 17.0 Å². The minimum atomic E-state index is -2.75. The average Bonchev–Trinajstić information content (AvgIpc) is 2.13. The van der Waals surface area contributed by atoms with Crippen LogP contribution in [0, 0.1) is 6.92 Å². The maximum absolute atomic E-state index is 10.00. The first kappa shape index (κ1) is 7.56. The molecule has 1 aromatic rings. The molecule has 0 aromatic carbocycles. The number of thiol groups is 1. The molecule has 0 radical (unpaired) electrons. The van der Waals surface area contributed by atoms with Gasteiger partial charge in [-0.1, -0.05) is 0 Å². The van der Waals surface area contributed by atoms with E-state index in [1.807, 2.05) is 12.3 Å². The molecule has 0 saturated heterocycles. The minimum Gasteiger partial charge on any atom is -0.373 e. The molecule has 0 atom stereocenters. The van der Waals surface area contributed by atoms with Crippen molar-refractivity contribution in [1.82, 2.24) is 0 Å². The maximum Gasteiger partial charge on any atom is 0.299 e. The molecule has 0 unspecified atom stereocenters. The van der Waals surface area contributed by atoms with Gasteiger partial charge >= 0.3 is 0 Å². The highest BCUT2D eigenvalue weighted by atomic mass is 32.2. The third-order valence-electron chi connectivity index (χ3n) is 0.871. The van der Waals surface area contributed by atoms with E-state index in [4.69, 9.17) is 0 Å². The van der Waals surface area contributed by atoms with Crippen molar-refractivity contribution in [2.24, 2.45) is 0 Å². The van der Waals surface area contributed by atoms with E-state index in [2.05, 4.69) is 4.18 Å². The van der Waals surface area contributed by atoms with Crippen LogP contribution in [0.5, 0.6) is 5.06 Å². The van der Waals surface area contributed by atoms with E-state index in [-0.39, 0.29) is 0 Å². The average molecular weight is 178 g/mol. The Hall–Kier alpha value is -0.550. The Morgan fingerprint density at radius 1 is 1.60 bits per heavy atom. The van der Waals surface area contributed by atoms with Crippen molar-refractivity contribution in [3.63, 3.8) is 0 Å². The highest BCUT2D eigenvalue weighted by molar-refractivity contribution is 7.67. The van der Waals surface area contributed by atoms with Crippen LogP contribution in [-0.2, 0) is 11.0 Å².